The van der Waals surface area contributed by atoms with Gasteiger partial charge in [-0.15, -0.1) is 11.3 Å². The lowest BCUT2D eigenvalue weighted by atomic mass is 10.0. The Morgan fingerprint density at radius 2 is 1.72 bits per heavy atom. The number of hydrogen-bond donors (Lipinski definition) is 2. The van der Waals surface area contributed by atoms with E-state index >= 15 is 0 Å². The fourth-order valence-corrected chi connectivity index (χ4v) is 4.17. The highest BCUT2D eigenvalue weighted by molar-refractivity contribution is 7.09. The summed E-state index contributed by atoms with van der Waals surface area (Å²) in [6, 6.07) is 8.85. The third kappa shape index (κ3) is 9.37. The van der Waals surface area contributed by atoms with Gasteiger partial charge in [0.1, 0.15) is 0 Å². The molecule has 2 aromatic heterocycles. The predicted octanol–water partition coefficient (Wildman–Crippen LogP) is 3.83. The van der Waals surface area contributed by atoms with Crippen molar-refractivity contribution in [3.05, 3.63) is 52.5 Å². The summed E-state index contributed by atoms with van der Waals surface area (Å²) in [5.74, 6) is -5.02. The molecule has 0 aromatic carbocycles. The number of hydrogen-bond acceptors (Lipinski definition) is 7. The van der Waals surface area contributed by atoms with E-state index in [1.807, 2.05) is 23.6 Å². The summed E-state index contributed by atoms with van der Waals surface area (Å²) in [6.45, 7) is 4.30. The lowest BCUT2D eigenvalue weighted by Crippen LogP contribution is -2.31. The Hall–Kier alpha value is -2.75. The van der Waals surface area contributed by atoms with Crippen LogP contribution in [0.4, 0.5) is 26.3 Å². The quantitative estimate of drug-likeness (QED) is 0.547. The fraction of sp³-hybridized carbons (Fsp3) is 0.476. The van der Waals surface area contributed by atoms with E-state index in [-0.39, 0.29) is 6.10 Å². The highest BCUT2D eigenvalue weighted by Crippen LogP contribution is 2.34. The van der Waals surface area contributed by atoms with E-state index in [0.717, 1.165) is 31.9 Å². The average Bonchev–Trinajstić information content (AvgIpc) is 3.53. The Labute approximate surface area is 205 Å². The lowest BCUT2D eigenvalue weighted by molar-refractivity contribution is -0.193. The van der Waals surface area contributed by atoms with Crippen molar-refractivity contribution in [2.24, 2.45) is 5.92 Å². The molecule has 36 heavy (non-hydrogen) atoms. The topological polar surface area (TPSA) is 109 Å². The highest BCUT2D eigenvalue weighted by atomic mass is 32.1. The second-order valence-corrected chi connectivity index (χ2v) is 8.63. The molecule has 200 valence electrons. The van der Waals surface area contributed by atoms with Gasteiger partial charge in [-0.05, 0) is 23.1 Å². The second-order valence-electron chi connectivity index (χ2n) is 7.59. The predicted molar refractivity (Wildman–Crippen MR) is 113 cm³/mol. The summed E-state index contributed by atoms with van der Waals surface area (Å²) in [4.78, 5) is 25.9. The number of thiophene rings is 1. The molecular weight excluding hydrogens is 522 g/mol. The molecule has 2 aromatic rings. The van der Waals surface area contributed by atoms with Gasteiger partial charge in [0.2, 0.25) is 0 Å². The summed E-state index contributed by atoms with van der Waals surface area (Å²) in [5.41, 5.74) is 1.13. The van der Waals surface area contributed by atoms with Gasteiger partial charge in [0, 0.05) is 42.3 Å². The van der Waals surface area contributed by atoms with Crippen LogP contribution in [0.1, 0.15) is 10.4 Å². The third-order valence-electron chi connectivity index (χ3n) is 5.07. The first-order valence-corrected chi connectivity index (χ1v) is 11.1. The monoisotopic (exact) mass is 544 g/mol. The Morgan fingerprint density at radius 3 is 2.22 bits per heavy atom. The van der Waals surface area contributed by atoms with Crippen molar-refractivity contribution in [1.82, 2.24) is 9.88 Å². The van der Waals surface area contributed by atoms with Crippen molar-refractivity contribution in [3.63, 3.8) is 0 Å². The number of halogens is 6. The molecule has 15 heteroatoms. The smallest absolute Gasteiger partial charge is 0.475 e. The number of carboxylic acid groups (broad SMARTS) is 2. The van der Waals surface area contributed by atoms with Gasteiger partial charge in [0.15, 0.2) is 0 Å². The largest absolute Gasteiger partial charge is 0.490 e. The van der Waals surface area contributed by atoms with Crippen molar-refractivity contribution in [3.8, 4) is 0 Å². The van der Waals surface area contributed by atoms with Gasteiger partial charge in [-0.25, -0.2) is 9.59 Å². The van der Waals surface area contributed by atoms with Crippen LogP contribution in [0.3, 0.4) is 0 Å². The molecule has 0 saturated carbocycles. The molecule has 0 aliphatic carbocycles. The van der Waals surface area contributed by atoms with E-state index in [2.05, 4.69) is 33.5 Å². The number of aliphatic carboxylic acids is 2. The van der Waals surface area contributed by atoms with Gasteiger partial charge < -0.3 is 19.7 Å². The molecule has 4 heterocycles. The molecule has 0 radical (unpaired) electrons. The van der Waals surface area contributed by atoms with Gasteiger partial charge in [0.05, 0.1) is 25.9 Å². The van der Waals surface area contributed by atoms with Gasteiger partial charge >= 0.3 is 24.3 Å². The summed E-state index contributed by atoms with van der Waals surface area (Å²) < 4.78 is 75.4. The Morgan fingerprint density at radius 1 is 1.08 bits per heavy atom. The number of carboxylic acids is 2. The maximum Gasteiger partial charge on any atom is 0.490 e. The van der Waals surface area contributed by atoms with Crippen molar-refractivity contribution in [2.45, 2.75) is 37.7 Å². The molecule has 2 aliphatic heterocycles. The first-order valence-electron chi connectivity index (χ1n) is 10.2. The number of ether oxygens (including phenoxy) is 2. The zero-order valence-corrected chi connectivity index (χ0v) is 19.2. The first-order chi connectivity index (χ1) is 16.8. The minimum Gasteiger partial charge on any atom is -0.475 e. The standard InChI is InChI=1S/C17H20N2O2S.2C2HF3O2/c1-3-13(7-18-5-1)10-21-17-9-19(8-14-4-2-6-22-14)16-12-20-11-15(16)17;2*3-2(4,5)1(6)7/h1-7,15-17H,8-12H2;2*(H,6,7)/t15-,16+,17-;;/m0../s1. The average molecular weight is 544 g/mol. The number of likely N-dealkylation sites (tertiary alicyclic amines) is 1. The van der Waals surface area contributed by atoms with Crippen LogP contribution in [0.5, 0.6) is 0 Å². The lowest BCUT2D eigenvalue weighted by Gasteiger charge is -2.21. The van der Waals surface area contributed by atoms with Gasteiger partial charge in [-0.1, -0.05) is 12.1 Å². The van der Waals surface area contributed by atoms with Crippen LogP contribution >= 0.6 is 11.3 Å². The molecular formula is C21H22F6N2O6S. The van der Waals surface area contributed by atoms with Crippen molar-refractivity contribution in [2.75, 3.05) is 19.8 Å². The maximum absolute atomic E-state index is 10.6. The van der Waals surface area contributed by atoms with E-state index in [4.69, 9.17) is 29.3 Å². The zero-order valence-electron chi connectivity index (χ0n) is 18.4. The summed E-state index contributed by atoms with van der Waals surface area (Å²) in [5, 5.41) is 16.4. The molecule has 2 N–H and O–H groups in total. The molecule has 0 spiro atoms. The van der Waals surface area contributed by atoms with Crippen LogP contribution in [0, 0.1) is 5.92 Å². The van der Waals surface area contributed by atoms with Gasteiger partial charge in [-0.2, -0.15) is 26.3 Å². The molecule has 2 fully saturated rings. The molecule has 8 nitrogen and oxygen atoms in total. The van der Waals surface area contributed by atoms with Crippen LogP contribution in [0.15, 0.2) is 42.0 Å². The van der Waals surface area contributed by atoms with Crippen molar-refractivity contribution < 1.29 is 55.6 Å². The maximum atomic E-state index is 10.6. The van der Waals surface area contributed by atoms with Gasteiger partial charge in [0.25, 0.3) is 0 Å². The number of rotatable bonds is 5. The number of pyridine rings is 1. The van der Waals surface area contributed by atoms with E-state index in [1.54, 1.807) is 6.20 Å². The van der Waals surface area contributed by atoms with Crippen LogP contribution in [-0.4, -0.2) is 76.3 Å². The Kier molecular flexibility index (Phi) is 10.6. The van der Waals surface area contributed by atoms with Crippen molar-refractivity contribution in [1.29, 1.82) is 0 Å². The Bertz CT molecular complexity index is 934. The minimum atomic E-state index is -5.08. The molecule has 0 bridgehead atoms. The number of alkyl halides is 6. The Balaban J connectivity index is 0.000000271. The second kappa shape index (κ2) is 13.0. The normalized spacial score (nSPS) is 21.6. The molecule has 0 amide bonds. The number of carbonyl (C=O) groups is 2. The number of fused-ring (bicyclic) bond motifs is 1. The zero-order chi connectivity index (χ0) is 26.9. The summed E-state index contributed by atoms with van der Waals surface area (Å²) in [7, 11) is 0. The summed E-state index contributed by atoms with van der Waals surface area (Å²) >= 11 is 1.82. The van der Waals surface area contributed by atoms with Crippen LogP contribution < -0.4 is 0 Å². The van der Waals surface area contributed by atoms with Gasteiger partial charge in [-0.3, -0.25) is 9.88 Å². The molecule has 3 atom stereocenters. The SMILES string of the molecule is O=C(O)C(F)(F)F.O=C(O)C(F)(F)F.c1cncc(CO[C@H]2CN(Cc3cccs3)[C@@H]3COC[C@H]23)c1. The summed E-state index contributed by atoms with van der Waals surface area (Å²) in [6.07, 6.45) is -6.24. The third-order valence-corrected chi connectivity index (χ3v) is 5.93. The number of aromatic nitrogens is 1. The van der Waals surface area contributed by atoms with E-state index in [9.17, 15) is 26.3 Å². The molecule has 4 rings (SSSR count). The molecule has 0 unspecified atom stereocenters. The first kappa shape index (κ1) is 29.5. The van der Waals surface area contributed by atoms with Crippen LogP contribution in [0.2, 0.25) is 0 Å². The van der Waals surface area contributed by atoms with Crippen molar-refractivity contribution >= 4 is 23.3 Å². The van der Waals surface area contributed by atoms with Crippen LogP contribution in [0.25, 0.3) is 0 Å². The van der Waals surface area contributed by atoms with E-state index < -0.39 is 24.3 Å². The van der Waals surface area contributed by atoms with Crippen LogP contribution in [-0.2, 0) is 32.2 Å². The minimum absolute atomic E-state index is 0.257. The fourth-order valence-electron chi connectivity index (χ4n) is 3.44. The van der Waals surface area contributed by atoms with E-state index in [1.165, 1.54) is 4.88 Å². The number of nitrogens with zero attached hydrogens (tertiary/aromatic N) is 2. The highest BCUT2D eigenvalue weighted by Gasteiger charge is 2.46. The molecule has 2 aliphatic rings. The molecule has 2 saturated heterocycles. The van der Waals surface area contributed by atoms with E-state index in [0.29, 0.717) is 18.6 Å².